The van der Waals surface area contributed by atoms with E-state index >= 15 is 0 Å². The number of rotatable bonds is 5. The van der Waals surface area contributed by atoms with E-state index in [-0.39, 0.29) is 16.5 Å². The standard InChI is InChI=1S/C23H23F3N4O3S/c1-12-9-10-13(2)19(14(12)3)33-22-18(15(4)20(29-30-22)23(24,25)26)21(31)28-16-7-6-8-17(11-16)34(5,27)32/h6-11,27H,1-5H3,(H,28,31). The monoisotopic (exact) mass is 492 g/mol. The largest absolute Gasteiger partial charge is 0.436 e. The van der Waals surface area contributed by atoms with Crippen molar-refractivity contribution < 1.29 is 26.9 Å². The van der Waals surface area contributed by atoms with Crippen LogP contribution in [-0.2, 0) is 15.9 Å². The van der Waals surface area contributed by atoms with Gasteiger partial charge in [0.15, 0.2) is 5.69 Å². The van der Waals surface area contributed by atoms with Crippen LogP contribution in [0.4, 0.5) is 18.9 Å². The van der Waals surface area contributed by atoms with E-state index in [0.29, 0.717) is 11.3 Å². The fourth-order valence-corrected chi connectivity index (χ4v) is 3.99. The molecule has 1 atom stereocenters. The van der Waals surface area contributed by atoms with Crippen molar-refractivity contribution in [2.75, 3.05) is 11.6 Å². The maximum atomic E-state index is 13.5. The second-order valence-electron chi connectivity index (χ2n) is 7.93. The first kappa shape index (κ1) is 25.2. The van der Waals surface area contributed by atoms with Gasteiger partial charge in [-0.1, -0.05) is 18.2 Å². The summed E-state index contributed by atoms with van der Waals surface area (Å²) in [6, 6.07) is 9.41. The predicted molar refractivity (Wildman–Crippen MR) is 122 cm³/mol. The summed E-state index contributed by atoms with van der Waals surface area (Å²) in [5.41, 5.74) is 0.298. The number of nitrogens with zero attached hydrogens (tertiary/aromatic N) is 2. The van der Waals surface area contributed by atoms with Crippen molar-refractivity contribution in [1.29, 1.82) is 4.78 Å². The summed E-state index contributed by atoms with van der Waals surface area (Å²) in [6.07, 6.45) is -3.61. The number of benzene rings is 2. The maximum absolute atomic E-state index is 13.5. The Labute approximate surface area is 195 Å². The quantitative estimate of drug-likeness (QED) is 0.468. The zero-order chi connectivity index (χ0) is 25.4. The van der Waals surface area contributed by atoms with Crippen LogP contribution in [0.25, 0.3) is 0 Å². The normalized spacial score (nSPS) is 13.3. The lowest BCUT2D eigenvalue weighted by atomic mass is 10.0. The lowest BCUT2D eigenvalue weighted by Crippen LogP contribution is -2.21. The van der Waals surface area contributed by atoms with Gasteiger partial charge in [0.1, 0.15) is 11.3 Å². The van der Waals surface area contributed by atoms with E-state index in [1.54, 1.807) is 19.9 Å². The van der Waals surface area contributed by atoms with Crippen LogP contribution in [0.15, 0.2) is 41.3 Å². The summed E-state index contributed by atoms with van der Waals surface area (Å²) < 4.78 is 66.2. The molecule has 0 saturated carbocycles. The molecule has 1 unspecified atom stereocenters. The van der Waals surface area contributed by atoms with Gasteiger partial charge in [-0.25, -0.2) is 8.99 Å². The molecular weight excluding hydrogens is 469 g/mol. The molecule has 11 heteroatoms. The molecule has 0 bridgehead atoms. The number of alkyl halides is 3. The number of aromatic nitrogens is 2. The molecule has 3 rings (SSSR count). The number of ether oxygens (including phenoxy) is 1. The SMILES string of the molecule is Cc1ccc(C)c(Oc2nnc(C(F)(F)F)c(C)c2C(=O)Nc2cccc(S(C)(=N)=O)c2)c1C. The Morgan fingerprint density at radius 1 is 1.03 bits per heavy atom. The third-order valence-corrected chi connectivity index (χ3v) is 6.45. The van der Waals surface area contributed by atoms with E-state index < -0.39 is 38.6 Å². The van der Waals surface area contributed by atoms with Crippen LogP contribution in [0.5, 0.6) is 11.6 Å². The zero-order valence-electron chi connectivity index (χ0n) is 19.1. The van der Waals surface area contributed by atoms with E-state index in [1.165, 1.54) is 30.5 Å². The maximum Gasteiger partial charge on any atom is 0.435 e. The molecule has 0 aliphatic carbocycles. The van der Waals surface area contributed by atoms with Crippen LogP contribution in [0, 0.1) is 32.5 Å². The van der Waals surface area contributed by atoms with Crippen molar-refractivity contribution in [1.82, 2.24) is 10.2 Å². The number of carbonyl (C=O) groups excluding carboxylic acids is 1. The minimum atomic E-state index is -4.83. The first-order chi connectivity index (χ1) is 15.7. The van der Waals surface area contributed by atoms with Crippen LogP contribution in [0.1, 0.15) is 38.3 Å². The molecule has 0 aliphatic rings. The number of aryl methyl sites for hydroxylation is 2. The smallest absolute Gasteiger partial charge is 0.435 e. The van der Waals surface area contributed by atoms with E-state index in [9.17, 15) is 22.2 Å². The second-order valence-corrected chi connectivity index (χ2v) is 10.1. The van der Waals surface area contributed by atoms with Crippen LogP contribution in [0.2, 0.25) is 0 Å². The average molecular weight is 493 g/mol. The van der Waals surface area contributed by atoms with Crippen molar-refractivity contribution >= 4 is 21.3 Å². The van der Waals surface area contributed by atoms with Crippen molar-refractivity contribution in [2.45, 2.75) is 38.8 Å². The van der Waals surface area contributed by atoms with Crippen molar-refractivity contribution in [3.05, 3.63) is 69.9 Å². The Bertz CT molecular complexity index is 1390. The number of hydrogen-bond donors (Lipinski definition) is 2. The van der Waals surface area contributed by atoms with Crippen LogP contribution >= 0.6 is 0 Å². The molecule has 1 amide bonds. The summed E-state index contributed by atoms with van der Waals surface area (Å²) in [5.74, 6) is -0.930. The molecule has 0 fully saturated rings. The Hall–Kier alpha value is -3.47. The summed E-state index contributed by atoms with van der Waals surface area (Å²) in [6.45, 7) is 6.52. The highest BCUT2D eigenvalue weighted by molar-refractivity contribution is 7.91. The minimum Gasteiger partial charge on any atom is -0.436 e. The molecule has 7 nitrogen and oxygen atoms in total. The topological polar surface area (TPSA) is 105 Å². The van der Waals surface area contributed by atoms with Gasteiger partial charge in [0.05, 0.1) is 9.73 Å². The third kappa shape index (κ3) is 5.19. The molecule has 0 spiro atoms. The highest BCUT2D eigenvalue weighted by Gasteiger charge is 2.38. The Kier molecular flexibility index (Phi) is 6.70. The van der Waals surface area contributed by atoms with Gasteiger partial charge in [-0.2, -0.15) is 13.2 Å². The fourth-order valence-electron chi connectivity index (χ4n) is 3.30. The van der Waals surface area contributed by atoms with E-state index in [1.807, 2.05) is 13.0 Å². The molecule has 180 valence electrons. The molecule has 34 heavy (non-hydrogen) atoms. The first-order valence-corrected chi connectivity index (χ1v) is 12.0. The summed E-state index contributed by atoms with van der Waals surface area (Å²) in [4.78, 5) is 13.3. The molecular formula is C23H23F3N4O3S. The predicted octanol–water partition coefficient (Wildman–Crippen LogP) is 5.81. The Morgan fingerprint density at radius 3 is 2.29 bits per heavy atom. The highest BCUT2D eigenvalue weighted by atomic mass is 32.2. The van der Waals surface area contributed by atoms with E-state index in [0.717, 1.165) is 18.1 Å². The number of hydrogen-bond acceptors (Lipinski definition) is 6. The van der Waals surface area contributed by atoms with Crippen LogP contribution in [-0.4, -0.2) is 26.6 Å². The fraction of sp³-hybridized carbons (Fsp3) is 0.261. The second kappa shape index (κ2) is 9.05. The average Bonchev–Trinajstić information content (AvgIpc) is 2.72. The minimum absolute atomic E-state index is 0.156. The zero-order valence-corrected chi connectivity index (χ0v) is 19.9. The van der Waals surface area contributed by atoms with Gasteiger partial charge < -0.3 is 10.1 Å². The highest BCUT2D eigenvalue weighted by Crippen LogP contribution is 2.37. The molecule has 2 aromatic carbocycles. The van der Waals surface area contributed by atoms with Crippen molar-refractivity contribution in [2.24, 2.45) is 0 Å². The lowest BCUT2D eigenvalue weighted by molar-refractivity contribution is -0.142. The molecule has 0 radical (unpaired) electrons. The molecule has 3 aromatic rings. The summed E-state index contributed by atoms with van der Waals surface area (Å²) >= 11 is 0. The Morgan fingerprint density at radius 2 is 1.68 bits per heavy atom. The van der Waals surface area contributed by atoms with Crippen molar-refractivity contribution in [3.63, 3.8) is 0 Å². The molecule has 0 aliphatic heterocycles. The Balaban J connectivity index is 2.13. The molecule has 0 saturated heterocycles. The summed E-state index contributed by atoms with van der Waals surface area (Å²) in [5, 5.41) is 9.38. The summed E-state index contributed by atoms with van der Waals surface area (Å²) in [7, 11) is -3.07. The van der Waals surface area contributed by atoms with Crippen molar-refractivity contribution in [3.8, 4) is 11.6 Å². The number of amides is 1. The van der Waals surface area contributed by atoms with Crippen LogP contribution in [0.3, 0.4) is 0 Å². The molecule has 1 heterocycles. The molecule has 2 N–H and O–H groups in total. The van der Waals surface area contributed by atoms with Crippen LogP contribution < -0.4 is 10.1 Å². The van der Waals surface area contributed by atoms with E-state index in [4.69, 9.17) is 9.52 Å². The van der Waals surface area contributed by atoms with Gasteiger partial charge in [-0.3, -0.25) is 4.79 Å². The number of carbonyl (C=O) groups is 1. The lowest BCUT2D eigenvalue weighted by Gasteiger charge is -2.18. The van der Waals surface area contributed by atoms with E-state index in [2.05, 4.69) is 15.5 Å². The van der Waals surface area contributed by atoms with Gasteiger partial charge >= 0.3 is 6.18 Å². The van der Waals surface area contributed by atoms with Gasteiger partial charge in [0.2, 0.25) is 0 Å². The van der Waals surface area contributed by atoms with Gasteiger partial charge in [-0.15, -0.1) is 10.2 Å². The van der Waals surface area contributed by atoms with Gasteiger partial charge in [0, 0.05) is 16.8 Å². The third-order valence-electron chi connectivity index (χ3n) is 5.29. The van der Waals surface area contributed by atoms with Gasteiger partial charge in [0.25, 0.3) is 11.8 Å². The molecule has 1 aromatic heterocycles. The van der Waals surface area contributed by atoms with Gasteiger partial charge in [-0.05, 0) is 68.1 Å². The number of nitrogens with one attached hydrogen (secondary N) is 2. The number of halogens is 3. The first-order valence-electron chi connectivity index (χ1n) is 10.0. The number of anilines is 1.